The van der Waals surface area contributed by atoms with E-state index in [1.54, 1.807) is 23.2 Å². The quantitative estimate of drug-likeness (QED) is 0.708. The Kier molecular flexibility index (Phi) is 5.72. The number of carbonyl (C=O) groups excluding carboxylic acids is 3. The first-order valence-corrected chi connectivity index (χ1v) is 9.50. The third-order valence-corrected chi connectivity index (χ3v) is 5.23. The van der Waals surface area contributed by atoms with Crippen LogP contribution in [0.4, 0.5) is 0 Å². The molecule has 0 radical (unpaired) electrons. The Balaban J connectivity index is 1.69. The zero-order valence-electron chi connectivity index (χ0n) is 14.5. The smallest absolute Gasteiger partial charge is 0.267 e. The zero-order chi connectivity index (χ0) is 18.5. The molecule has 1 aliphatic rings. The van der Waals surface area contributed by atoms with Gasteiger partial charge in [0, 0.05) is 30.2 Å². The average Bonchev–Trinajstić information content (AvgIpc) is 3.36. The van der Waals surface area contributed by atoms with Gasteiger partial charge < -0.3 is 20.5 Å². The molecule has 3 heterocycles. The number of aromatic nitrogens is 1. The van der Waals surface area contributed by atoms with Crippen LogP contribution in [-0.2, 0) is 16.0 Å². The summed E-state index contributed by atoms with van der Waals surface area (Å²) < 4.78 is 0. The Morgan fingerprint density at radius 3 is 2.81 bits per heavy atom. The molecule has 3 rings (SSSR count). The normalized spacial score (nSPS) is 19.3. The van der Waals surface area contributed by atoms with Gasteiger partial charge in [0.05, 0.1) is 6.42 Å². The summed E-state index contributed by atoms with van der Waals surface area (Å²) in [6, 6.07) is 6.42. The molecule has 3 amide bonds. The maximum Gasteiger partial charge on any atom is 0.267 e. The number of likely N-dealkylation sites (tertiary alicyclic amines) is 1. The van der Waals surface area contributed by atoms with Crippen LogP contribution < -0.4 is 10.6 Å². The van der Waals surface area contributed by atoms with Gasteiger partial charge in [-0.15, -0.1) is 11.3 Å². The predicted octanol–water partition coefficient (Wildman–Crippen LogP) is 1.15. The van der Waals surface area contributed by atoms with Crippen LogP contribution >= 0.6 is 11.3 Å². The zero-order valence-corrected chi connectivity index (χ0v) is 15.3. The number of H-pyrrole nitrogens is 1. The first-order valence-electron chi connectivity index (χ1n) is 8.62. The third-order valence-electron chi connectivity index (χ3n) is 4.36. The highest BCUT2D eigenvalue weighted by Gasteiger charge is 2.40. The highest BCUT2D eigenvalue weighted by Crippen LogP contribution is 2.21. The van der Waals surface area contributed by atoms with Crippen LogP contribution in [0.1, 0.15) is 28.7 Å². The largest absolute Gasteiger partial charge is 0.357 e. The van der Waals surface area contributed by atoms with Crippen molar-refractivity contribution < 1.29 is 14.4 Å². The Labute approximate surface area is 155 Å². The van der Waals surface area contributed by atoms with Crippen LogP contribution in [0.3, 0.4) is 0 Å². The first kappa shape index (κ1) is 18.2. The van der Waals surface area contributed by atoms with Gasteiger partial charge in [0.15, 0.2) is 0 Å². The van der Waals surface area contributed by atoms with Crippen molar-refractivity contribution in [1.82, 2.24) is 20.5 Å². The molecule has 2 atom stereocenters. The van der Waals surface area contributed by atoms with E-state index in [1.807, 2.05) is 24.4 Å². The Hall–Kier alpha value is -2.61. The lowest BCUT2D eigenvalue weighted by atomic mass is 10.1. The molecule has 0 spiro atoms. The van der Waals surface area contributed by atoms with Crippen LogP contribution in [0.2, 0.25) is 0 Å². The van der Waals surface area contributed by atoms with E-state index in [0.717, 1.165) is 4.88 Å². The molecule has 0 unspecified atom stereocenters. The summed E-state index contributed by atoms with van der Waals surface area (Å²) in [6.45, 7) is 2.68. The number of nitrogens with zero attached hydrogens (tertiary/aromatic N) is 1. The summed E-state index contributed by atoms with van der Waals surface area (Å²) in [4.78, 5) is 42.8. The summed E-state index contributed by atoms with van der Waals surface area (Å²) in [7, 11) is 0. The number of thiophene rings is 1. The first-order chi connectivity index (χ1) is 12.6. The lowest BCUT2D eigenvalue weighted by Gasteiger charge is -2.23. The molecule has 26 heavy (non-hydrogen) atoms. The molecule has 8 heteroatoms. The second-order valence-electron chi connectivity index (χ2n) is 6.20. The third kappa shape index (κ3) is 4.13. The summed E-state index contributed by atoms with van der Waals surface area (Å²) in [6.07, 6.45) is 2.36. The Morgan fingerprint density at radius 2 is 2.15 bits per heavy atom. The van der Waals surface area contributed by atoms with Gasteiger partial charge in [-0.25, -0.2) is 0 Å². The van der Waals surface area contributed by atoms with Gasteiger partial charge in [-0.2, -0.15) is 0 Å². The second kappa shape index (κ2) is 8.18. The van der Waals surface area contributed by atoms with Gasteiger partial charge >= 0.3 is 0 Å². The highest BCUT2D eigenvalue weighted by atomic mass is 32.1. The minimum absolute atomic E-state index is 0.0969. The number of nitrogens with one attached hydrogen (secondary N) is 3. The minimum atomic E-state index is -0.559. The molecule has 0 bridgehead atoms. The van der Waals surface area contributed by atoms with Crippen molar-refractivity contribution >= 4 is 29.1 Å². The van der Waals surface area contributed by atoms with E-state index in [0.29, 0.717) is 25.2 Å². The average molecular weight is 374 g/mol. The molecule has 2 aromatic rings. The van der Waals surface area contributed by atoms with Crippen molar-refractivity contribution in [2.45, 2.75) is 31.8 Å². The molecule has 1 fully saturated rings. The molecule has 3 N–H and O–H groups in total. The maximum atomic E-state index is 12.7. The molecular weight excluding hydrogens is 352 g/mol. The highest BCUT2D eigenvalue weighted by molar-refractivity contribution is 7.10. The van der Waals surface area contributed by atoms with Crippen molar-refractivity contribution in [1.29, 1.82) is 0 Å². The van der Waals surface area contributed by atoms with E-state index >= 15 is 0 Å². The number of likely N-dealkylation sites (N-methyl/N-ethyl adjacent to an activating group) is 1. The molecule has 138 valence electrons. The molecule has 0 aromatic carbocycles. The lowest BCUT2D eigenvalue weighted by Crippen LogP contribution is -2.46. The van der Waals surface area contributed by atoms with E-state index in [-0.39, 0.29) is 30.2 Å². The van der Waals surface area contributed by atoms with E-state index < -0.39 is 6.04 Å². The van der Waals surface area contributed by atoms with Crippen LogP contribution in [0.15, 0.2) is 35.8 Å². The fourth-order valence-electron chi connectivity index (χ4n) is 3.16. The number of carbonyl (C=O) groups is 3. The van der Waals surface area contributed by atoms with Crippen molar-refractivity contribution in [2.24, 2.45) is 0 Å². The fraction of sp³-hybridized carbons (Fsp3) is 0.389. The van der Waals surface area contributed by atoms with Crippen LogP contribution in [0.25, 0.3) is 0 Å². The van der Waals surface area contributed by atoms with Gasteiger partial charge in [0.2, 0.25) is 11.8 Å². The topological polar surface area (TPSA) is 94.3 Å². The summed E-state index contributed by atoms with van der Waals surface area (Å²) >= 11 is 1.52. The van der Waals surface area contributed by atoms with E-state index in [2.05, 4.69) is 15.6 Å². The molecule has 0 aliphatic carbocycles. The van der Waals surface area contributed by atoms with Crippen molar-refractivity contribution in [2.75, 3.05) is 13.1 Å². The van der Waals surface area contributed by atoms with Crippen molar-refractivity contribution in [3.63, 3.8) is 0 Å². The Bertz CT molecular complexity index is 758. The van der Waals surface area contributed by atoms with Gasteiger partial charge in [-0.1, -0.05) is 6.07 Å². The van der Waals surface area contributed by atoms with E-state index in [1.165, 1.54) is 11.3 Å². The standard InChI is InChI=1S/C18H22N4O3S/c1-2-19-18(25)15-9-12(21-17(24)14-6-3-7-20-14)11-22(15)16(23)10-13-5-4-8-26-13/h3-8,12,15,20H,2,9-11H2,1H3,(H,19,25)(H,21,24)/t12-,15-/m0/s1. The summed E-state index contributed by atoms with van der Waals surface area (Å²) in [5.41, 5.74) is 0.461. The van der Waals surface area contributed by atoms with Gasteiger partial charge in [0.25, 0.3) is 5.91 Å². The number of rotatable bonds is 6. The molecule has 7 nitrogen and oxygen atoms in total. The molecule has 0 saturated carbocycles. The maximum absolute atomic E-state index is 12.7. The molecule has 1 aliphatic heterocycles. The second-order valence-corrected chi connectivity index (χ2v) is 7.23. The lowest BCUT2D eigenvalue weighted by molar-refractivity contribution is -0.137. The number of hydrogen-bond acceptors (Lipinski definition) is 4. The number of hydrogen-bond donors (Lipinski definition) is 3. The molecular formula is C18H22N4O3S. The van der Waals surface area contributed by atoms with Crippen molar-refractivity contribution in [3.8, 4) is 0 Å². The molecule has 2 aromatic heterocycles. The van der Waals surface area contributed by atoms with Gasteiger partial charge in [-0.05, 0) is 36.9 Å². The summed E-state index contributed by atoms with van der Waals surface area (Å²) in [5.74, 6) is -0.508. The van der Waals surface area contributed by atoms with Crippen molar-refractivity contribution in [3.05, 3.63) is 46.4 Å². The van der Waals surface area contributed by atoms with E-state index in [9.17, 15) is 14.4 Å². The number of amides is 3. The molecule has 1 saturated heterocycles. The van der Waals surface area contributed by atoms with Gasteiger partial charge in [-0.3, -0.25) is 14.4 Å². The minimum Gasteiger partial charge on any atom is -0.357 e. The SMILES string of the molecule is CCNC(=O)[C@@H]1C[C@H](NC(=O)c2ccc[nH]2)CN1C(=O)Cc1cccs1. The monoisotopic (exact) mass is 374 g/mol. The Morgan fingerprint density at radius 1 is 1.31 bits per heavy atom. The van der Waals surface area contributed by atoms with Gasteiger partial charge in [0.1, 0.15) is 11.7 Å². The predicted molar refractivity (Wildman–Crippen MR) is 98.9 cm³/mol. The fourth-order valence-corrected chi connectivity index (χ4v) is 3.85. The number of aromatic amines is 1. The van der Waals surface area contributed by atoms with Crippen LogP contribution in [-0.4, -0.2) is 52.8 Å². The van der Waals surface area contributed by atoms with Crippen LogP contribution in [0.5, 0.6) is 0 Å². The summed E-state index contributed by atoms with van der Waals surface area (Å²) in [5, 5.41) is 7.62. The van der Waals surface area contributed by atoms with E-state index in [4.69, 9.17) is 0 Å². The van der Waals surface area contributed by atoms with Crippen LogP contribution in [0, 0.1) is 0 Å².